The maximum absolute atomic E-state index is 11.7. The summed E-state index contributed by atoms with van der Waals surface area (Å²) in [6, 6.07) is 1.95. The molecule has 1 saturated heterocycles. The molecule has 0 aromatic carbocycles. The average Bonchev–Trinajstić information content (AvgIpc) is 2.57. The number of hydrogen-bond acceptors (Lipinski definition) is 6. The summed E-state index contributed by atoms with van der Waals surface area (Å²) in [6.07, 6.45) is 6.70. The Morgan fingerprint density at radius 1 is 1.22 bits per heavy atom. The number of aryl methyl sites for hydroxylation is 1. The van der Waals surface area contributed by atoms with Crippen LogP contribution >= 0.6 is 11.6 Å². The molecule has 7 nitrogen and oxygen atoms in total. The molecule has 0 N–H and O–H groups in total. The number of hydrogen-bond donors (Lipinski definition) is 0. The van der Waals surface area contributed by atoms with Crippen molar-refractivity contribution in [3.8, 4) is 0 Å². The molecule has 2 aromatic rings. The van der Waals surface area contributed by atoms with Gasteiger partial charge in [-0.05, 0) is 12.8 Å². The van der Waals surface area contributed by atoms with Crippen molar-refractivity contribution in [3.63, 3.8) is 0 Å². The fourth-order valence-electron chi connectivity index (χ4n) is 2.76. The lowest BCUT2D eigenvalue weighted by atomic mass is 10.0. The molecule has 0 aliphatic carbocycles. The van der Waals surface area contributed by atoms with Crippen LogP contribution in [0.5, 0.6) is 0 Å². The topological polar surface area (TPSA) is 67.2 Å². The molecule has 3 heterocycles. The van der Waals surface area contributed by atoms with Gasteiger partial charge in [0.1, 0.15) is 5.82 Å². The first-order valence-corrected chi connectivity index (χ1v) is 7.90. The van der Waals surface area contributed by atoms with E-state index in [1.165, 1.54) is 4.57 Å². The van der Waals surface area contributed by atoms with Crippen LogP contribution in [0, 0.1) is 0 Å². The Morgan fingerprint density at radius 2 is 1.87 bits per heavy atom. The standard InChI is InChI=1S/C15H19ClN6O/c1-20-10-19-13(7-14(20)23)22-5-3-12(4-6-22)21(2)15-17-8-11(16)9-18-15/h7-10,12H,3-6H2,1-2H3. The SMILES string of the molecule is CN(c1ncc(Cl)cn1)C1CCN(c2cc(=O)n(C)cn2)CC1. The van der Waals surface area contributed by atoms with E-state index in [-0.39, 0.29) is 5.56 Å². The molecule has 0 spiro atoms. The Hall–Kier alpha value is -2.15. The summed E-state index contributed by atoms with van der Waals surface area (Å²) in [5.41, 5.74) is -0.0381. The minimum atomic E-state index is -0.0381. The molecule has 1 aliphatic rings. The second-order valence-corrected chi connectivity index (χ2v) is 6.16. The summed E-state index contributed by atoms with van der Waals surface area (Å²) < 4.78 is 1.47. The third kappa shape index (κ3) is 3.44. The van der Waals surface area contributed by atoms with Gasteiger partial charge in [0.2, 0.25) is 5.95 Å². The molecule has 0 unspecified atom stereocenters. The summed E-state index contributed by atoms with van der Waals surface area (Å²) in [4.78, 5) is 28.8. The lowest BCUT2D eigenvalue weighted by Gasteiger charge is -2.37. The smallest absolute Gasteiger partial charge is 0.255 e. The third-order valence-corrected chi connectivity index (χ3v) is 4.42. The number of piperidine rings is 1. The van der Waals surface area contributed by atoms with Crippen LogP contribution in [0.2, 0.25) is 5.02 Å². The van der Waals surface area contributed by atoms with Gasteiger partial charge in [-0.2, -0.15) is 0 Å². The van der Waals surface area contributed by atoms with Gasteiger partial charge in [-0.3, -0.25) is 4.79 Å². The number of anilines is 2. The maximum Gasteiger partial charge on any atom is 0.255 e. The molecule has 0 atom stereocenters. The molecular formula is C15H19ClN6O. The molecule has 23 heavy (non-hydrogen) atoms. The normalized spacial score (nSPS) is 15.7. The van der Waals surface area contributed by atoms with Crippen LogP contribution in [-0.4, -0.2) is 45.7 Å². The molecule has 3 rings (SSSR count). The molecule has 1 aliphatic heterocycles. The first-order chi connectivity index (χ1) is 11.0. The fraction of sp³-hybridized carbons (Fsp3) is 0.467. The highest BCUT2D eigenvalue weighted by molar-refractivity contribution is 6.30. The van der Waals surface area contributed by atoms with E-state index in [1.807, 2.05) is 7.05 Å². The maximum atomic E-state index is 11.7. The first kappa shape index (κ1) is 15.7. The molecule has 1 fully saturated rings. The van der Waals surface area contributed by atoms with Gasteiger partial charge >= 0.3 is 0 Å². The number of nitrogens with zero attached hydrogens (tertiary/aromatic N) is 6. The Labute approximate surface area is 139 Å². The number of halogens is 1. The predicted octanol–water partition coefficient (Wildman–Crippen LogP) is 1.33. The minimum Gasteiger partial charge on any atom is -0.356 e. The summed E-state index contributed by atoms with van der Waals surface area (Å²) in [5.74, 6) is 1.43. The highest BCUT2D eigenvalue weighted by Gasteiger charge is 2.24. The summed E-state index contributed by atoms with van der Waals surface area (Å²) in [7, 11) is 3.70. The van der Waals surface area contributed by atoms with Crippen LogP contribution in [0.15, 0.2) is 29.6 Å². The van der Waals surface area contributed by atoms with E-state index in [0.717, 1.165) is 31.7 Å². The summed E-state index contributed by atoms with van der Waals surface area (Å²) >= 11 is 5.83. The minimum absolute atomic E-state index is 0.0381. The predicted molar refractivity (Wildman–Crippen MR) is 90.2 cm³/mol. The Kier molecular flexibility index (Phi) is 4.47. The average molecular weight is 335 g/mol. The van der Waals surface area contributed by atoms with E-state index in [9.17, 15) is 4.79 Å². The van der Waals surface area contributed by atoms with Gasteiger partial charge in [0.05, 0.1) is 23.7 Å². The molecule has 8 heteroatoms. The van der Waals surface area contributed by atoms with E-state index in [1.54, 1.807) is 31.8 Å². The molecular weight excluding hydrogens is 316 g/mol. The van der Waals surface area contributed by atoms with Crippen molar-refractivity contribution in [1.29, 1.82) is 0 Å². The lowest BCUT2D eigenvalue weighted by Crippen LogP contribution is -2.44. The first-order valence-electron chi connectivity index (χ1n) is 7.52. The van der Waals surface area contributed by atoms with Crippen LogP contribution < -0.4 is 15.4 Å². The van der Waals surface area contributed by atoms with Crippen LogP contribution in [0.4, 0.5) is 11.8 Å². The molecule has 0 bridgehead atoms. The number of aromatic nitrogens is 4. The van der Waals surface area contributed by atoms with Crippen molar-refractivity contribution in [2.45, 2.75) is 18.9 Å². The van der Waals surface area contributed by atoms with Crippen LogP contribution in [0.25, 0.3) is 0 Å². The van der Waals surface area contributed by atoms with Gasteiger partial charge in [-0.25, -0.2) is 15.0 Å². The number of rotatable bonds is 3. The van der Waals surface area contributed by atoms with E-state index < -0.39 is 0 Å². The second kappa shape index (κ2) is 6.54. The van der Waals surface area contributed by atoms with E-state index in [2.05, 4.69) is 24.8 Å². The zero-order valence-corrected chi connectivity index (χ0v) is 13.9. The molecule has 122 valence electrons. The van der Waals surface area contributed by atoms with Crippen LogP contribution in [0.3, 0.4) is 0 Å². The van der Waals surface area contributed by atoms with E-state index in [0.29, 0.717) is 17.0 Å². The monoisotopic (exact) mass is 334 g/mol. The lowest BCUT2D eigenvalue weighted by molar-refractivity contribution is 0.475. The zero-order valence-electron chi connectivity index (χ0n) is 13.2. The van der Waals surface area contributed by atoms with Crippen LogP contribution in [-0.2, 0) is 7.05 Å². The van der Waals surface area contributed by atoms with Crippen molar-refractivity contribution >= 4 is 23.4 Å². The van der Waals surface area contributed by atoms with Gasteiger partial charge in [0.15, 0.2) is 0 Å². The van der Waals surface area contributed by atoms with Crippen LogP contribution in [0.1, 0.15) is 12.8 Å². The van der Waals surface area contributed by atoms with Crippen molar-refractivity contribution in [1.82, 2.24) is 19.5 Å². The van der Waals surface area contributed by atoms with Gasteiger partial charge < -0.3 is 14.4 Å². The molecule has 0 amide bonds. The van der Waals surface area contributed by atoms with Gasteiger partial charge in [-0.1, -0.05) is 11.6 Å². The quantitative estimate of drug-likeness (QED) is 0.843. The van der Waals surface area contributed by atoms with Crippen molar-refractivity contribution in [2.75, 3.05) is 29.9 Å². The van der Waals surface area contributed by atoms with E-state index >= 15 is 0 Å². The Bertz CT molecular complexity index is 723. The molecule has 2 aromatic heterocycles. The fourth-order valence-corrected chi connectivity index (χ4v) is 2.86. The Morgan fingerprint density at radius 3 is 2.48 bits per heavy atom. The third-order valence-electron chi connectivity index (χ3n) is 4.22. The summed E-state index contributed by atoms with van der Waals surface area (Å²) in [5, 5.41) is 0.536. The second-order valence-electron chi connectivity index (χ2n) is 5.73. The van der Waals surface area contributed by atoms with Gasteiger partial charge in [0, 0.05) is 39.3 Å². The van der Waals surface area contributed by atoms with Crippen molar-refractivity contribution in [2.24, 2.45) is 7.05 Å². The van der Waals surface area contributed by atoms with Gasteiger partial charge in [-0.15, -0.1) is 0 Å². The molecule has 0 saturated carbocycles. The van der Waals surface area contributed by atoms with E-state index in [4.69, 9.17) is 11.6 Å². The summed E-state index contributed by atoms with van der Waals surface area (Å²) in [6.45, 7) is 1.70. The highest BCUT2D eigenvalue weighted by atomic mass is 35.5. The van der Waals surface area contributed by atoms with Gasteiger partial charge in [0.25, 0.3) is 5.56 Å². The van der Waals surface area contributed by atoms with Crippen molar-refractivity contribution < 1.29 is 0 Å². The zero-order chi connectivity index (χ0) is 16.4. The highest BCUT2D eigenvalue weighted by Crippen LogP contribution is 2.22. The largest absolute Gasteiger partial charge is 0.356 e. The molecule has 0 radical (unpaired) electrons. The van der Waals surface area contributed by atoms with Crippen molar-refractivity contribution in [3.05, 3.63) is 40.2 Å². The Balaban J connectivity index is 1.64.